The van der Waals surface area contributed by atoms with Gasteiger partial charge in [-0.2, -0.15) is 0 Å². The van der Waals surface area contributed by atoms with Crippen molar-refractivity contribution in [1.82, 2.24) is 0 Å². The fraction of sp³-hybridized carbons (Fsp3) is 0.452. The molecule has 0 fully saturated rings. The Morgan fingerprint density at radius 3 is 1.58 bits per heavy atom. The molecular formula is C42H52O11. The van der Waals surface area contributed by atoms with E-state index in [1.807, 2.05) is 50.2 Å². The van der Waals surface area contributed by atoms with Crippen molar-refractivity contribution in [3.05, 3.63) is 83.9 Å². The van der Waals surface area contributed by atoms with E-state index in [1.165, 1.54) is 77.1 Å². The third kappa shape index (κ3) is 14.4. The second kappa shape index (κ2) is 22.0. The highest BCUT2D eigenvalue weighted by Crippen LogP contribution is 2.24. The summed E-state index contributed by atoms with van der Waals surface area (Å²) in [4.78, 5) is 62.4. The third-order valence-corrected chi connectivity index (χ3v) is 8.45. The minimum atomic E-state index is -1.37. The molecule has 0 saturated heterocycles. The highest BCUT2D eigenvalue weighted by Gasteiger charge is 2.29. The minimum Gasteiger partial charge on any atom is -0.494 e. The van der Waals surface area contributed by atoms with E-state index in [4.69, 9.17) is 28.4 Å². The number of carbonyl (C=O) groups is 5. The van der Waals surface area contributed by atoms with Crippen LogP contribution >= 0.6 is 0 Å². The van der Waals surface area contributed by atoms with Crippen molar-refractivity contribution in [3.63, 3.8) is 0 Å². The van der Waals surface area contributed by atoms with Crippen LogP contribution in [0.1, 0.15) is 107 Å². The van der Waals surface area contributed by atoms with E-state index in [2.05, 4.69) is 6.92 Å². The molecule has 286 valence electrons. The zero-order valence-electron chi connectivity index (χ0n) is 31.6. The Morgan fingerprint density at radius 1 is 0.528 bits per heavy atom. The largest absolute Gasteiger partial charge is 0.494 e. The zero-order chi connectivity index (χ0) is 38.8. The monoisotopic (exact) mass is 732 g/mol. The number of ether oxygens (including phenoxy) is 6. The van der Waals surface area contributed by atoms with E-state index in [1.54, 1.807) is 12.1 Å². The number of benzene rings is 3. The summed E-state index contributed by atoms with van der Waals surface area (Å²) in [7, 11) is 0. The van der Waals surface area contributed by atoms with E-state index >= 15 is 0 Å². The van der Waals surface area contributed by atoms with Gasteiger partial charge in [-0.05, 0) is 92.8 Å². The van der Waals surface area contributed by atoms with Crippen LogP contribution in [0.25, 0.3) is 11.1 Å². The average molecular weight is 733 g/mol. The molecule has 0 N–H and O–H groups in total. The van der Waals surface area contributed by atoms with Crippen molar-refractivity contribution in [3.8, 4) is 22.6 Å². The standard InChI is InChI=1S/C42H52O11/c1-7-9-10-11-12-13-26-48-36-22-18-33(19-23-36)32-14-16-34(17-15-32)42(47)53-37-24-20-35(21-25-37)41(46)52-31(6)40(45)51-30(5)39(44)50-29(4)38(43)49-27-28(3)8-2/h14-25,28-31H,7-13,26-27H2,1-6H3. The van der Waals surface area contributed by atoms with Crippen molar-refractivity contribution in [2.24, 2.45) is 5.92 Å². The second-order valence-corrected chi connectivity index (χ2v) is 13.0. The first-order valence-corrected chi connectivity index (χ1v) is 18.4. The lowest BCUT2D eigenvalue weighted by Crippen LogP contribution is -2.36. The molecule has 3 aromatic rings. The second-order valence-electron chi connectivity index (χ2n) is 13.0. The van der Waals surface area contributed by atoms with Gasteiger partial charge in [-0.25, -0.2) is 24.0 Å². The van der Waals surface area contributed by atoms with Gasteiger partial charge in [0.15, 0.2) is 18.3 Å². The van der Waals surface area contributed by atoms with Crippen LogP contribution < -0.4 is 9.47 Å². The molecule has 53 heavy (non-hydrogen) atoms. The van der Waals surface area contributed by atoms with Crippen molar-refractivity contribution in [1.29, 1.82) is 0 Å². The van der Waals surface area contributed by atoms with Crippen molar-refractivity contribution in [2.45, 2.75) is 105 Å². The molecular weight excluding hydrogens is 680 g/mol. The summed E-state index contributed by atoms with van der Waals surface area (Å²) < 4.78 is 31.8. The maximum Gasteiger partial charge on any atom is 0.348 e. The van der Waals surface area contributed by atoms with Gasteiger partial charge in [-0.3, -0.25) is 0 Å². The topological polar surface area (TPSA) is 141 Å². The van der Waals surface area contributed by atoms with Crippen LogP contribution in [0.4, 0.5) is 0 Å². The highest BCUT2D eigenvalue weighted by atomic mass is 16.6. The normalized spacial score (nSPS) is 13.1. The molecule has 4 unspecified atom stereocenters. The van der Waals surface area contributed by atoms with Crippen LogP contribution in [0.3, 0.4) is 0 Å². The number of hydrogen-bond acceptors (Lipinski definition) is 11. The number of rotatable bonds is 21. The Kier molecular flexibility index (Phi) is 17.5. The number of esters is 5. The zero-order valence-corrected chi connectivity index (χ0v) is 31.6. The Bertz CT molecular complexity index is 1610. The summed E-state index contributed by atoms with van der Waals surface area (Å²) in [6, 6.07) is 20.5. The van der Waals surface area contributed by atoms with Gasteiger partial charge in [0.25, 0.3) is 0 Å². The highest BCUT2D eigenvalue weighted by molar-refractivity contribution is 5.93. The molecule has 0 aromatic heterocycles. The summed E-state index contributed by atoms with van der Waals surface area (Å²) in [6.07, 6.45) is 4.17. The van der Waals surface area contributed by atoms with Crippen molar-refractivity contribution < 1.29 is 52.4 Å². The molecule has 0 aliphatic rings. The van der Waals surface area contributed by atoms with Gasteiger partial charge in [0, 0.05) is 0 Å². The average Bonchev–Trinajstić information content (AvgIpc) is 3.16. The van der Waals surface area contributed by atoms with Crippen LogP contribution in [0.15, 0.2) is 72.8 Å². The smallest absolute Gasteiger partial charge is 0.348 e. The lowest BCUT2D eigenvalue weighted by Gasteiger charge is -2.19. The maximum atomic E-state index is 12.8. The van der Waals surface area contributed by atoms with Gasteiger partial charge in [-0.15, -0.1) is 0 Å². The van der Waals surface area contributed by atoms with Gasteiger partial charge < -0.3 is 28.4 Å². The molecule has 0 aliphatic carbocycles. The number of hydrogen-bond donors (Lipinski definition) is 0. The summed E-state index contributed by atoms with van der Waals surface area (Å²) in [6.45, 7) is 10.9. The summed E-state index contributed by atoms with van der Waals surface area (Å²) in [5.74, 6) is -2.89. The Labute approximate surface area is 312 Å². The molecule has 0 amide bonds. The predicted molar refractivity (Wildman–Crippen MR) is 199 cm³/mol. The van der Waals surface area contributed by atoms with Crippen LogP contribution in [0.2, 0.25) is 0 Å². The molecule has 11 nitrogen and oxygen atoms in total. The molecule has 0 saturated carbocycles. The molecule has 3 aromatic carbocycles. The number of carbonyl (C=O) groups excluding carboxylic acids is 5. The number of unbranched alkanes of at least 4 members (excludes halogenated alkanes) is 5. The third-order valence-electron chi connectivity index (χ3n) is 8.45. The quantitative estimate of drug-likeness (QED) is 0.0452. The van der Waals surface area contributed by atoms with E-state index in [0.717, 1.165) is 29.7 Å². The Morgan fingerprint density at radius 2 is 1.00 bits per heavy atom. The molecule has 3 rings (SSSR count). The predicted octanol–water partition coefficient (Wildman–Crippen LogP) is 8.31. The van der Waals surface area contributed by atoms with Gasteiger partial charge in [0.2, 0.25) is 0 Å². The molecule has 0 heterocycles. The summed E-state index contributed by atoms with van der Waals surface area (Å²) in [5.41, 5.74) is 2.35. The van der Waals surface area contributed by atoms with Gasteiger partial charge in [-0.1, -0.05) is 83.6 Å². The van der Waals surface area contributed by atoms with Crippen LogP contribution in [-0.2, 0) is 33.3 Å². The van der Waals surface area contributed by atoms with E-state index in [9.17, 15) is 24.0 Å². The molecule has 0 aliphatic heterocycles. The lowest BCUT2D eigenvalue weighted by atomic mass is 10.0. The SMILES string of the molecule is CCCCCCCCOc1ccc(-c2ccc(C(=O)Oc3ccc(C(=O)OC(C)C(=O)OC(C)C(=O)OC(C)C(=O)OCC(C)CC)cc3)cc2)cc1. The Hall–Kier alpha value is -5.19. The fourth-order valence-corrected chi connectivity index (χ4v) is 4.81. The van der Waals surface area contributed by atoms with Crippen LogP contribution in [-0.4, -0.2) is 61.4 Å². The lowest BCUT2D eigenvalue weighted by molar-refractivity contribution is -0.179. The Balaban J connectivity index is 1.43. The summed E-state index contributed by atoms with van der Waals surface area (Å²) >= 11 is 0. The van der Waals surface area contributed by atoms with Crippen LogP contribution in [0, 0.1) is 5.92 Å². The van der Waals surface area contributed by atoms with Crippen LogP contribution in [0.5, 0.6) is 11.5 Å². The van der Waals surface area contributed by atoms with E-state index in [0.29, 0.717) is 12.2 Å². The fourth-order valence-electron chi connectivity index (χ4n) is 4.81. The van der Waals surface area contributed by atoms with Gasteiger partial charge in [0.05, 0.1) is 24.3 Å². The molecule has 4 atom stereocenters. The van der Waals surface area contributed by atoms with Crippen molar-refractivity contribution >= 4 is 29.8 Å². The molecule has 0 bridgehead atoms. The molecule has 11 heteroatoms. The summed E-state index contributed by atoms with van der Waals surface area (Å²) in [5, 5.41) is 0. The van der Waals surface area contributed by atoms with Gasteiger partial charge in [0.1, 0.15) is 11.5 Å². The van der Waals surface area contributed by atoms with Gasteiger partial charge >= 0.3 is 29.8 Å². The molecule has 0 spiro atoms. The van der Waals surface area contributed by atoms with E-state index in [-0.39, 0.29) is 23.8 Å². The maximum absolute atomic E-state index is 12.8. The first-order valence-electron chi connectivity index (χ1n) is 18.4. The van der Waals surface area contributed by atoms with E-state index < -0.39 is 48.2 Å². The first-order chi connectivity index (χ1) is 25.4. The molecule has 0 radical (unpaired) electrons. The minimum absolute atomic E-state index is 0.0878. The van der Waals surface area contributed by atoms with Crippen molar-refractivity contribution in [2.75, 3.05) is 13.2 Å². The first kappa shape index (κ1) is 42.2.